The van der Waals surface area contributed by atoms with Crippen LogP contribution in [0.5, 0.6) is 0 Å². The third-order valence-corrected chi connectivity index (χ3v) is 6.80. The highest BCUT2D eigenvalue weighted by Gasteiger charge is 2.22. The minimum absolute atomic E-state index is 0.0199. The predicted molar refractivity (Wildman–Crippen MR) is 109 cm³/mol. The van der Waals surface area contributed by atoms with Gasteiger partial charge in [-0.3, -0.25) is 9.36 Å². The lowest BCUT2D eigenvalue weighted by Crippen LogP contribution is -2.25. The molecule has 27 heavy (non-hydrogen) atoms. The van der Waals surface area contributed by atoms with Crippen molar-refractivity contribution in [3.8, 4) is 0 Å². The zero-order chi connectivity index (χ0) is 18.8. The maximum Gasteiger partial charge on any atom is 0.268 e. The minimum Gasteiger partial charge on any atom is -0.282 e. The first kappa shape index (κ1) is 18.6. The van der Waals surface area contributed by atoms with Crippen molar-refractivity contribution in [3.63, 3.8) is 0 Å². The van der Waals surface area contributed by atoms with Crippen LogP contribution in [0, 0.1) is 5.82 Å². The van der Waals surface area contributed by atoms with Crippen LogP contribution in [0.15, 0.2) is 63.4 Å². The van der Waals surface area contributed by atoms with Gasteiger partial charge in [-0.25, -0.2) is 9.37 Å². The molecule has 3 aromatic rings. The van der Waals surface area contributed by atoms with Crippen LogP contribution >= 0.6 is 35.1 Å². The Bertz CT molecular complexity index is 1020. The van der Waals surface area contributed by atoms with Gasteiger partial charge in [0.05, 0.1) is 17.1 Å². The largest absolute Gasteiger partial charge is 0.282 e. The van der Waals surface area contributed by atoms with Gasteiger partial charge in [0.15, 0.2) is 5.16 Å². The van der Waals surface area contributed by atoms with Crippen LogP contribution in [0.4, 0.5) is 4.39 Å². The molecule has 0 radical (unpaired) electrons. The Hall–Kier alpha value is -1.76. The number of thioether (sulfide) groups is 2. The van der Waals surface area contributed by atoms with Gasteiger partial charge in [-0.2, -0.15) is 0 Å². The first-order valence-electron chi connectivity index (χ1n) is 8.49. The molecule has 138 valence electrons. The topological polar surface area (TPSA) is 34.9 Å². The second kappa shape index (κ2) is 8.09. The number of aromatic nitrogens is 2. The normalized spacial score (nSPS) is 13.0. The van der Waals surface area contributed by atoms with Crippen LogP contribution in [0.3, 0.4) is 0 Å². The summed E-state index contributed by atoms with van der Waals surface area (Å²) in [5.41, 5.74) is 2.28. The van der Waals surface area contributed by atoms with Gasteiger partial charge in [0.25, 0.3) is 5.56 Å². The molecule has 7 heteroatoms. The maximum absolute atomic E-state index is 14.1. The number of aryl methyl sites for hydroxylation is 1. The van der Waals surface area contributed by atoms with Crippen molar-refractivity contribution in [3.05, 3.63) is 86.5 Å². The predicted octanol–water partition coefficient (Wildman–Crippen LogP) is 5.02. The van der Waals surface area contributed by atoms with Crippen molar-refractivity contribution in [1.29, 1.82) is 0 Å². The molecule has 0 bridgehead atoms. The van der Waals surface area contributed by atoms with Gasteiger partial charge in [-0.1, -0.05) is 59.8 Å². The van der Waals surface area contributed by atoms with E-state index < -0.39 is 0 Å². The SMILES string of the molecule is O=c1c2c(nc(SCc3c(F)cccc3Cl)n1Cc1ccccc1)CCS2. The van der Waals surface area contributed by atoms with Gasteiger partial charge in [-0.15, -0.1) is 11.8 Å². The molecule has 0 spiro atoms. The molecule has 0 saturated carbocycles. The number of nitrogens with zero attached hydrogens (tertiary/aromatic N) is 2. The van der Waals surface area contributed by atoms with E-state index in [9.17, 15) is 9.18 Å². The highest BCUT2D eigenvalue weighted by atomic mass is 35.5. The van der Waals surface area contributed by atoms with Gasteiger partial charge in [0.2, 0.25) is 0 Å². The van der Waals surface area contributed by atoms with E-state index in [2.05, 4.69) is 0 Å². The third-order valence-electron chi connectivity index (χ3n) is 4.34. The monoisotopic (exact) mass is 418 g/mol. The molecule has 0 amide bonds. The summed E-state index contributed by atoms with van der Waals surface area (Å²) in [5, 5.41) is 0.987. The van der Waals surface area contributed by atoms with Crippen LogP contribution in [-0.2, 0) is 18.7 Å². The summed E-state index contributed by atoms with van der Waals surface area (Å²) in [7, 11) is 0. The van der Waals surface area contributed by atoms with Crippen LogP contribution in [0.2, 0.25) is 5.02 Å². The second-order valence-corrected chi connectivity index (χ2v) is 8.59. The summed E-state index contributed by atoms with van der Waals surface area (Å²) in [6.07, 6.45) is 0.787. The van der Waals surface area contributed by atoms with E-state index in [1.165, 1.54) is 17.8 Å². The lowest BCUT2D eigenvalue weighted by molar-refractivity contribution is 0.611. The molecule has 0 N–H and O–H groups in total. The second-order valence-electron chi connectivity index (χ2n) is 6.13. The zero-order valence-corrected chi connectivity index (χ0v) is 16.7. The molecule has 0 atom stereocenters. The lowest BCUT2D eigenvalue weighted by Gasteiger charge is -2.14. The highest BCUT2D eigenvalue weighted by molar-refractivity contribution is 7.99. The third kappa shape index (κ3) is 3.93. The van der Waals surface area contributed by atoms with E-state index in [1.807, 2.05) is 30.3 Å². The standard InChI is InChI=1S/C20H16ClFN2OS2/c21-15-7-4-8-16(22)14(15)12-27-20-23-17-9-10-26-18(17)19(25)24(20)11-13-5-2-1-3-6-13/h1-8H,9-12H2. The first-order valence-corrected chi connectivity index (χ1v) is 10.8. The Kier molecular flexibility index (Phi) is 5.57. The molecule has 1 aliphatic heterocycles. The van der Waals surface area contributed by atoms with Gasteiger partial charge in [-0.05, 0) is 17.7 Å². The molecule has 0 fully saturated rings. The number of hydrogen-bond acceptors (Lipinski definition) is 4. The minimum atomic E-state index is -0.344. The van der Waals surface area contributed by atoms with Crippen molar-refractivity contribution >= 4 is 35.1 Å². The van der Waals surface area contributed by atoms with Crippen molar-refractivity contribution in [2.45, 2.75) is 28.8 Å². The van der Waals surface area contributed by atoms with Crippen molar-refractivity contribution in [2.24, 2.45) is 0 Å². The quantitative estimate of drug-likeness (QED) is 0.430. The smallest absolute Gasteiger partial charge is 0.268 e. The average Bonchev–Trinajstić information content (AvgIpc) is 3.14. The number of halogens is 2. The number of fused-ring (bicyclic) bond motifs is 1. The summed E-state index contributed by atoms with van der Waals surface area (Å²) in [6.45, 7) is 0.438. The molecule has 0 saturated heterocycles. The summed E-state index contributed by atoms with van der Waals surface area (Å²) < 4.78 is 15.8. The van der Waals surface area contributed by atoms with Crippen molar-refractivity contribution in [2.75, 3.05) is 5.75 Å². The van der Waals surface area contributed by atoms with Crippen molar-refractivity contribution < 1.29 is 4.39 Å². The van der Waals surface area contributed by atoms with Crippen molar-refractivity contribution in [1.82, 2.24) is 9.55 Å². The highest BCUT2D eigenvalue weighted by Crippen LogP contribution is 2.31. The fourth-order valence-electron chi connectivity index (χ4n) is 2.95. The number of rotatable bonds is 5. The Morgan fingerprint density at radius 3 is 2.78 bits per heavy atom. The summed E-state index contributed by atoms with van der Waals surface area (Å²) in [4.78, 5) is 18.5. The van der Waals surface area contributed by atoms with Crippen LogP contribution in [0.25, 0.3) is 0 Å². The molecule has 0 aliphatic carbocycles. The van der Waals surface area contributed by atoms with E-state index in [0.717, 1.165) is 28.3 Å². The van der Waals surface area contributed by atoms with E-state index in [4.69, 9.17) is 16.6 Å². The van der Waals surface area contributed by atoms with Crippen LogP contribution < -0.4 is 5.56 Å². The Balaban J connectivity index is 1.70. The molecule has 2 aromatic carbocycles. The van der Waals surface area contributed by atoms with Gasteiger partial charge in [0.1, 0.15) is 5.82 Å². The Labute approximate surface area is 170 Å². The average molecular weight is 419 g/mol. The summed E-state index contributed by atoms with van der Waals surface area (Å²) >= 11 is 9.05. The molecular formula is C20H16ClFN2OS2. The van der Waals surface area contributed by atoms with E-state index in [-0.39, 0.29) is 11.4 Å². The molecule has 4 rings (SSSR count). The number of hydrogen-bond donors (Lipinski definition) is 0. The fraction of sp³-hybridized carbons (Fsp3) is 0.200. The van der Waals surface area contributed by atoms with Crippen LogP contribution in [0.1, 0.15) is 16.8 Å². The summed E-state index contributed by atoms with van der Waals surface area (Å²) in [6, 6.07) is 14.4. The molecule has 1 aromatic heterocycles. The van der Waals surface area contributed by atoms with E-state index in [0.29, 0.717) is 28.0 Å². The maximum atomic E-state index is 14.1. The molecule has 3 nitrogen and oxygen atoms in total. The lowest BCUT2D eigenvalue weighted by atomic mass is 10.2. The van der Waals surface area contributed by atoms with Gasteiger partial charge >= 0.3 is 0 Å². The molecule has 2 heterocycles. The van der Waals surface area contributed by atoms with Crippen LogP contribution in [-0.4, -0.2) is 15.3 Å². The number of benzene rings is 2. The van der Waals surface area contributed by atoms with Gasteiger partial charge in [0, 0.05) is 28.5 Å². The van der Waals surface area contributed by atoms with Gasteiger partial charge < -0.3 is 0 Å². The Morgan fingerprint density at radius 2 is 2.00 bits per heavy atom. The molecule has 0 unspecified atom stereocenters. The van der Waals surface area contributed by atoms with E-state index in [1.54, 1.807) is 28.5 Å². The molecular weight excluding hydrogens is 403 g/mol. The summed E-state index contributed by atoms with van der Waals surface area (Å²) in [5.74, 6) is 0.846. The zero-order valence-electron chi connectivity index (χ0n) is 14.3. The fourth-order valence-corrected chi connectivity index (χ4v) is 5.35. The molecule has 1 aliphatic rings. The Morgan fingerprint density at radius 1 is 1.19 bits per heavy atom. The van der Waals surface area contributed by atoms with E-state index >= 15 is 0 Å². The first-order chi connectivity index (χ1) is 13.1.